The second-order valence-corrected chi connectivity index (χ2v) is 5.78. The minimum absolute atomic E-state index is 0.311. The van der Waals surface area contributed by atoms with Gasteiger partial charge in [0, 0.05) is 12.8 Å². The highest BCUT2D eigenvalue weighted by Crippen LogP contribution is 2.31. The highest BCUT2D eigenvalue weighted by Gasteiger charge is 2.54. The lowest BCUT2D eigenvalue weighted by molar-refractivity contribution is -1.07. The molecule has 1 aliphatic heterocycles. The summed E-state index contributed by atoms with van der Waals surface area (Å²) in [4.78, 5) is 0. The van der Waals surface area contributed by atoms with Gasteiger partial charge in [0.1, 0.15) is 19.6 Å². The monoisotopic (exact) mass is 276 g/mol. The van der Waals surface area contributed by atoms with Gasteiger partial charge in [0.05, 0.1) is 0 Å². The van der Waals surface area contributed by atoms with Gasteiger partial charge in [0.2, 0.25) is 0 Å². The lowest BCUT2D eigenvalue weighted by Crippen LogP contribution is -2.49. The van der Waals surface area contributed by atoms with Gasteiger partial charge >= 0.3 is 15.6 Å². The number of hydrogen-bond acceptors (Lipinski definition) is 3. The van der Waals surface area contributed by atoms with Gasteiger partial charge in [-0.1, -0.05) is 17.6 Å². The standard InChI is InChI=1S/C9H17F3NO3S/c1-2-3-6-13(7-4-5-8-13)16-17(14,15)9(10,11)12/h2-8H2,1H3/q+1. The van der Waals surface area contributed by atoms with Crippen LogP contribution in [0.4, 0.5) is 13.2 Å². The predicted octanol–water partition coefficient (Wildman–Crippen LogP) is 2.18. The van der Waals surface area contributed by atoms with Crippen LogP contribution in [0.1, 0.15) is 32.6 Å². The van der Waals surface area contributed by atoms with E-state index in [4.69, 9.17) is 0 Å². The maximum Gasteiger partial charge on any atom is 0.528 e. The van der Waals surface area contributed by atoms with Gasteiger partial charge in [-0.05, 0) is 6.42 Å². The van der Waals surface area contributed by atoms with Crippen LogP contribution in [0.2, 0.25) is 0 Å². The number of unbranched alkanes of at least 4 members (excludes halogenated alkanes) is 1. The zero-order valence-corrected chi connectivity index (χ0v) is 10.5. The molecule has 0 aliphatic carbocycles. The number of nitrogens with zero attached hydrogens (tertiary/aromatic N) is 1. The topological polar surface area (TPSA) is 43.4 Å². The molecule has 0 aromatic rings. The van der Waals surface area contributed by atoms with Crippen LogP contribution in [0.25, 0.3) is 0 Å². The first-order valence-electron chi connectivity index (χ1n) is 5.61. The van der Waals surface area contributed by atoms with Gasteiger partial charge in [0.25, 0.3) is 0 Å². The molecular formula is C9H17F3NO3S+. The van der Waals surface area contributed by atoms with Crippen LogP contribution in [-0.4, -0.2) is 38.2 Å². The number of rotatable bonds is 5. The number of hydroxylamine groups is 3. The average Bonchev–Trinajstić information content (AvgIpc) is 2.61. The molecule has 0 saturated carbocycles. The first kappa shape index (κ1) is 14.7. The molecule has 0 aromatic heterocycles. The van der Waals surface area contributed by atoms with Gasteiger partial charge in [-0.25, -0.2) is 0 Å². The molecule has 0 atom stereocenters. The normalized spacial score (nSPS) is 20.7. The van der Waals surface area contributed by atoms with E-state index in [9.17, 15) is 21.6 Å². The van der Waals surface area contributed by atoms with Crippen LogP contribution < -0.4 is 0 Å². The summed E-state index contributed by atoms with van der Waals surface area (Å²) in [6.07, 6.45) is 2.82. The van der Waals surface area contributed by atoms with Crippen molar-refractivity contribution in [3.63, 3.8) is 0 Å². The van der Waals surface area contributed by atoms with Gasteiger partial charge < -0.3 is 0 Å². The smallest absolute Gasteiger partial charge is 0.185 e. The van der Waals surface area contributed by atoms with Crippen molar-refractivity contribution in [3.05, 3.63) is 0 Å². The third-order valence-electron chi connectivity index (χ3n) is 2.84. The molecule has 0 unspecified atom stereocenters. The van der Waals surface area contributed by atoms with Crippen molar-refractivity contribution in [1.82, 2.24) is 0 Å². The Morgan fingerprint density at radius 3 is 2.18 bits per heavy atom. The van der Waals surface area contributed by atoms with Crippen LogP contribution >= 0.6 is 0 Å². The minimum atomic E-state index is -5.50. The quantitative estimate of drug-likeness (QED) is 0.571. The summed E-state index contributed by atoms with van der Waals surface area (Å²) >= 11 is 0. The second-order valence-electron chi connectivity index (χ2n) is 4.26. The zero-order chi connectivity index (χ0) is 13.2. The molecule has 0 spiro atoms. The average molecular weight is 276 g/mol. The number of hydrogen-bond donors (Lipinski definition) is 0. The largest absolute Gasteiger partial charge is 0.528 e. The molecule has 0 amide bonds. The highest BCUT2D eigenvalue weighted by molar-refractivity contribution is 7.87. The molecule has 0 aromatic carbocycles. The number of alkyl halides is 3. The molecule has 1 rings (SSSR count). The van der Waals surface area contributed by atoms with E-state index in [1.807, 2.05) is 6.92 Å². The molecule has 0 radical (unpaired) electrons. The maximum absolute atomic E-state index is 12.3. The summed E-state index contributed by atoms with van der Waals surface area (Å²) in [5.41, 5.74) is -5.34. The molecule has 0 N–H and O–H groups in total. The minimum Gasteiger partial charge on any atom is -0.185 e. The van der Waals surface area contributed by atoms with Gasteiger partial charge in [-0.15, -0.1) is 0 Å². The van der Waals surface area contributed by atoms with Crippen LogP contribution in [0.5, 0.6) is 0 Å². The molecular weight excluding hydrogens is 259 g/mol. The Morgan fingerprint density at radius 2 is 1.76 bits per heavy atom. The Morgan fingerprint density at radius 1 is 1.24 bits per heavy atom. The number of likely N-dealkylation sites (tertiary alicyclic amines) is 1. The predicted molar refractivity (Wildman–Crippen MR) is 55.1 cm³/mol. The fourth-order valence-electron chi connectivity index (χ4n) is 1.94. The second kappa shape index (κ2) is 5.11. The first-order chi connectivity index (χ1) is 7.72. The van der Waals surface area contributed by atoms with Crippen molar-refractivity contribution >= 4 is 10.1 Å². The molecule has 1 aliphatic rings. The van der Waals surface area contributed by atoms with Crippen LogP contribution in [-0.2, 0) is 14.4 Å². The molecule has 8 heteroatoms. The van der Waals surface area contributed by atoms with Gasteiger partial charge in [-0.3, -0.25) is 0 Å². The molecule has 4 nitrogen and oxygen atoms in total. The van der Waals surface area contributed by atoms with E-state index in [0.717, 1.165) is 6.42 Å². The van der Waals surface area contributed by atoms with Crippen molar-refractivity contribution in [1.29, 1.82) is 0 Å². The summed E-state index contributed by atoms with van der Waals surface area (Å²) in [6, 6.07) is 0. The Hall–Kier alpha value is -0.340. The van der Waals surface area contributed by atoms with Crippen molar-refractivity contribution in [2.24, 2.45) is 0 Å². The SMILES string of the molecule is CCCC[N+]1(OS(=O)(=O)C(F)(F)F)CCCC1. The van der Waals surface area contributed by atoms with Crippen molar-refractivity contribution < 1.29 is 30.5 Å². The lowest BCUT2D eigenvalue weighted by Gasteiger charge is -2.29. The maximum atomic E-state index is 12.3. The van der Waals surface area contributed by atoms with E-state index >= 15 is 0 Å². The fraction of sp³-hybridized carbons (Fsp3) is 1.00. The Kier molecular flexibility index (Phi) is 4.43. The summed E-state index contributed by atoms with van der Waals surface area (Å²) in [5.74, 6) is 0. The van der Waals surface area contributed by atoms with E-state index in [1.54, 1.807) is 0 Å². The van der Waals surface area contributed by atoms with Crippen molar-refractivity contribution in [3.8, 4) is 0 Å². The summed E-state index contributed by atoms with van der Waals surface area (Å²) in [5, 5.41) is 0. The van der Waals surface area contributed by atoms with E-state index in [1.165, 1.54) is 0 Å². The fourth-order valence-corrected chi connectivity index (χ4v) is 2.67. The lowest BCUT2D eigenvalue weighted by atomic mass is 10.3. The Labute approximate surface area is 99.0 Å². The van der Waals surface area contributed by atoms with Crippen LogP contribution in [0.15, 0.2) is 0 Å². The molecule has 1 fully saturated rings. The van der Waals surface area contributed by atoms with Crippen LogP contribution in [0, 0.1) is 0 Å². The zero-order valence-electron chi connectivity index (χ0n) is 9.66. The van der Waals surface area contributed by atoms with Crippen molar-refractivity contribution in [2.75, 3.05) is 19.6 Å². The van der Waals surface area contributed by atoms with Crippen LogP contribution in [0.3, 0.4) is 0 Å². The van der Waals surface area contributed by atoms with Gasteiger partial charge in [0.15, 0.2) is 0 Å². The molecule has 102 valence electrons. The molecule has 1 heterocycles. The van der Waals surface area contributed by atoms with Crippen molar-refractivity contribution in [2.45, 2.75) is 38.1 Å². The summed E-state index contributed by atoms with van der Waals surface area (Å²) in [7, 11) is -5.50. The van der Waals surface area contributed by atoms with E-state index in [0.29, 0.717) is 38.9 Å². The number of quaternary nitrogens is 1. The molecule has 17 heavy (non-hydrogen) atoms. The third-order valence-corrected chi connectivity index (χ3v) is 3.92. The highest BCUT2D eigenvalue weighted by atomic mass is 32.2. The van der Waals surface area contributed by atoms with E-state index < -0.39 is 20.3 Å². The molecule has 1 saturated heterocycles. The Bertz CT molecular complexity index is 347. The first-order valence-corrected chi connectivity index (χ1v) is 7.02. The van der Waals surface area contributed by atoms with E-state index in [-0.39, 0.29) is 0 Å². The third kappa shape index (κ3) is 3.56. The summed E-state index contributed by atoms with van der Waals surface area (Å²) < 4.78 is 62.8. The van der Waals surface area contributed by atoms with Gasteiger partial charge in [-0.2, -0.15) is 26.2 Å². The Balaban J connectivity index is 2.81. The molecule has 0 bridgehead atoms. The number of halogens is 3. The summed E-state index contributed by atoms with van der Waals surface area (Å²) in [6.45, 7) is 2.86. The van der Waals surface area contributed by atoms with E-state index in [2.05, 4.69) is 4.28 Å².